The third-order valence-corrected chi connectivity index (χ3v) is 6.86. The quantitative estimate of drug-likeness (QED) is 0.0233. The largest absolute Gasteiger partial charge is 0.481 e. The first kappa shape index (κ1) is 45.8. The van der Waals surface area contributed by atoms with Crippen molar-refractivity contribution in [3.63, 3.8) is 0 Å². The summed E-state index contributed by atoms with van der Waals surface area (Å²) in [7, 11) is 0. The van der Waals surface area contributed by atoms with Crippen molar-refractivity contribution in [2.45, 2.75) is 58.4 Å². The Morgan fingerprint density at radius 2 is 1.80 bits per heavy atom. The van der Waals surface area contributed by atoms with Crippen LogP contribution in [0.25, 0.3) is 0 Å². The SMILES string of the molecule is C=C/C=C(\C/C=C\CCl)NC(=O)NC(CC1=CCC=C(OC(/C=C\CC(=O)O)=C/C=C)C=C1)C(=N)N(/C=C/C=C/C)CCCC.Cl/C=C/CCl. The molecule has 0 bridgehead atoms. The van der Waals surface area contributed by atoms with Crippen LogP contribution >= 0.6 is 34.8 Å². The molecule has 272 valence electrons. The fourth-order valence-electron chi connectivity index (χ4n) is 4.00. The number of nitrogens with zero attached hydrogens (tertiary/aromatic N) is 1. The summed E-state index contributed by atoms with van der Waals surface area (Å²) in [6.45, 7) is 12.1. The first-order valence-corrected chi connectivity index (χ1v) is 17.7. The van der Waals surface area contributed by atoms with Crippen LogP contribution in [-0.2, 0) is 9.53 Å². The van der Waals surface area contributed by atoms with Crippen LogP contribution in [0.4, 0.5) is 4.79 Å². The van der Waals surface area contributed by atoms with Crippen LogP contribution in [-0.4, -0.2) is 52.2 Å². The number of hydrogen-bond acceptors (Lipinski definition) is 4. The van der Waals surface area contributed by atoms with Crippen LogP contribution < -0.4 is 10.6 Å². The van der Waals surface area contributed by atoms with Crippen LogP contribution in [0.5, 0.6) is 0 Å². The molecule has 0 saturated heterocycles. The second-order valence-corrected chi connectivity index (χ2v) is 11.2. The van der Waals surface area contributed by atoms with E-state index >= 15 is 0 Å². The van der Waals surface area contributed by atoms with Gasteiger partial charge in [-0.15, -0.1) is 23.2 Å². The molecule has 0 aromatic heterocycles. The van der Waals surface area contributed by atoms with E-state index in [9.17, 15) is 9.59 Å². The molecule has 1 rings (SSSR count). The molecule has 0 aromatic rings. The lowest BCUT2D eigenvalue weighted by Crippen LogP contribution is -2.50. The van der Waals surface area contributed by atoms with E-state index in [0.29, 0.717) is 54.8 Å². The molecule has 1 atom stereocenters. The van der Waals surface area contributed by atoms with Crippen molar-refractivity contribution in [1.82, 2.24) is 15.5 Å². The number of carbonyl (C=O) groups is 2. The Kier molecular flexibility index (Phi) is 28.2. The molecule has 0 aliphatic heterocycles. The number of amides is 2. The molecule has 2 amide bonds. The number of nitrogens with one attached hydrogen (secondary N) is 3. The Labute approximate surface area is 313 Å². The van der Waals surface area contributed by atoms with Gasteiger partial charge in [-0.2, -0.15) is 0 Å². The maximum absolute atomic E-state index is 13.2. The zero-order valence-corrected chi connectivity index (χ0v) is 31.3. The summed E-state index contributed by atoms with van der Waals surface area (Å²) in [5, 5.41) is 24.0. The number of amidine groups is 1. The third-order valence-electron chi connectivity index (χ3n) is 6.32. The van der Waals surface area contributed by atoms with Crippen molar-refractivity contribution in [3.05, 3.63) is 145 Å². The van der Waals surface area contributed by atoms with Crippen molar-refractivity contribution in [1.29, 1.82) is 5.41 Å². The number of urea groups is 1. The Morgan fingerprint density at radius 3 is 2.40 bits per heavy atom. The number of carbonyl (C=O) groups excluding carboxylic acids is 1. The van der Waals surface area contributed by atoms with E-state index in [1.165, 1.54) is 11.6 Å². The van der Waals surface area contributed by atoms with Crippen molar-refractivity contribution < 1.29 is 19.4 Å². The van der Waals surface area contributed by atoms with Crippen molar-refractivity contribution in [2.75, 3.05) is 18.3 Å². The lowest BCUT2D eigenvalue weighted by atomic mass is 10.0. The van der Waals surface area contributed by atoms with Crippen molar-refractivity contribution in [3.8, 4) is 0 Å². The van der Waals surface area contributed by atoms with Gasteiger partial charge in [-0.3, -0.25) is 10.2 Å². The highest BCUT2D eigenvalue weighted by atomic mass is 35.5. The van der Waals surface area contributed by atoms with Gasteiger partial charge in [0.2, 0.25) is 0 Å². The number of aliphatic carboxylic acids is 1. The zero-order valence-electron chi connectivity index (χ0n) is 29.0. The van der Waals surface area contributed by atoms with Gasteiger partial charge >= 0.3 is 12.0 Å². The summed E-state index contributed by atoms with van der Waals surface area (Å²) in [5.74, 6) is 1.23. The second-order valence-electron chi connectivity index (χ2n) is 10.3. The van der Waals surface area contributed by atoms with E-state index in [4.69, 9.17) is 50.1 Å². The Bertz CT molecular complexity index is 1380. The fourth-order valence-corrected chi connectivity index (χ4v) is 4.40. The van der Waals surface area contributed by atoms with Crippen molar-refractivity contribution in [2.24, 2.45) is 0 Å². The molecule has 1 aliphatic rings. The molecule has 11 heteroatoms. The predicted octanol–water partition coefficient (Wildman–Crippen LogP) is 10.3. The minimum Gasteiger partial charge on any atom is -0.481 e. The number of carboxylic acid groups (broad SMARTS) is 1. The van der Waals surface area contributed by atoms with Crippen LogP contribution in [0.3, 0.4) is 0 Å². The maximum atomic E-state index is 13.2. The Morgan fingerprint density at radius 1 is 1.06 bits per heavy atom. The summed E-state index contributed by atoms with van der Waals surface area (Å²) < 4.78 is 5.98. The molecule has 0 radical (unpaired) electrons. The van der Waals surface area contributed by atoms with Gasteiger partial charge in [0.25, 0.3) is 0 Å². The van der Waals surface area contributed by atoms with Crippen LogP contribution in [0.1, 0.15) is 52.4 Å². The summed E-state index contributed by atoms with van der Waals surface area (Å²) >= 11 is 15.9. The van der Waals surface area contributed by atoms with Gasteiger partial charge in [-0.25, -0.2) is 4.79 Å². The molecule has 0 spiro atoms. The topological polar surface area (TPSA) is 115 Å². The van der Waals surface area contributed by atoms with Gasteiger partial charge < -0.3 is 25.4 Å². The zero-order chi connectivity index (χ0) is 37.4. The number of alkyl halides is 2. The van der Waals surface area contributed by atoms with Crippen LogP contribution in [0.2, 0.25) is 0 Å². The first-order valence-electron chi connectivity index (χ1n) is 16.2. The monoisotopic (exact) mass is 744 g/mol. The van der Waals surface area contributed by atoms with Crippen molar-refractivity contribution >= 4 is 52.6 Å². The third kappa shape index (κ3) is 23.2. The van der Waals surface area contributed by atoms with E-state index < -0.39 is 18.0 Å². The smallest absolute Gasteiger partial charge is 0.319 e. The number of carboxylic acids is 1. The van der Waals surface area contributed by atoms with Crippen LogP contribution in [0, 0.1) is 5.41 Å². The highest BCUT2D eigenvalue weighted by molar-refractivity contribution is 6.26. The second kappa shape index (κ2) is 30.8. The molecule has 50 heavy (non-hydrogen) atoms. The van der Waals surface area contributed by atoms with Gasteiger partial charge in [0.15, 0.2) is 0 Å². The number of allylic oxidation sites excluding steroid dienone is 15. The highest BCUT2D eigenvalue weighted by Gasteiger charge is 2.23. The van der Waals surface area contributed by atoms with E-state index in [1.807, 2.05) is 66.6 Å². The molecule has 0 heterocycles. The summed E-state index contributed by atoms with van der Waals surface area (Å²) in [5.41, 5.74) is 2.95. The Balaban J connectivity index is 0.00000445. The average Bonchev–Trinajstić information content (AvgIpc) is 3.31. The average molecular weight is 746 g/mol. The summed E-state index contributed by atoms with van der Waals surface area (Å²) in [6.07, 6.45) is 33.3. The molecule has 4 N–H and O–H groups in total. The lowest BCUT2D eigenvalue weighted by molar-refractivity contribution is -0.136. The number of ether oxygens (including phenoxy) is 1. The summed E-state index contributed by atoms with van der Waals surface area (Å²) in [6, 6.07) is -1.08. The molecule has 0 saturated carbocycles. The van der Waals surface area contributed by atoms with Gasteiger partial charge in [-0.1, -0.05) is 98.9 Å². The molecule has 0 fully saturated rings. The van der Waals surface area contributed by atoms with E-state index in [-0.39, 0.29) is 12.3 Å². The minimum absolute atomic E-state index is 0.124. The number of hydrogen-bond donors (Lipinski definition) is 4. The van der Waals surface area contributed by atoms with Gasteiger partial charge in [0.1, 0.15) is 17.4 Å². The minimum atomic E-state index is -0.935. The molecule has 1 aliphatic carbocycles. The number of unbranched alkanes of at least 4 members (excludes halogenated alkanes) is 1. The lowest BCUT2D eigenvalue weighted by Gasteiger charge is -2.28. The number of halogens is 3. The standard InChI is InChI=1S/C36H47ClN4O4.C3H4Cl2/c1-5-9-13-27-41(26-10-6-2)35(38)33(40-36(44)39-30(16-7-3)19-11-12-25-37)28-29-18-14-20-32(24-23-29)45-31(17-8-4)21-15-22-34(42)43;4-2-1-3-5/h5,7-9,11-13,15-18,20-21,23-24,27,33,38H,3-4,6,10,14,19,22,25-26,28H2,1-2H3,(H,42,43)(H2,39,40,44);1-2H,3H2/b9-5+,12-11-,21-15-,27-13+,30-16+,31-17+,38-35?;2-1+. The van der Waals surface area contributed by atoms with E-state index in [0.717, 1.165) is 18.4 Å². The van der Waals surface area contributed by atoms with Gasteiger partial charge in [-0.05, 0) is 68.2 Å². The van der Waals surface area contributed by atoms with E-state index in [2.05, 4.69) is 30.7 Å². The fraction of sp³-hybridized carbons (Fsp3) is 0.308. The molecule has 8 nitrogen and oxygen atoms in total. The predicted molar refractivity (Wildman–Crippen MR) is 213 cm³/mol. The molecular formula is C39H51Cl3N4O4. The van der Waals surface area contributed by atoms with Gasteiger partial charge in [0, 0.05) is 42.2 Å². The molecular weight excluding hydrogens is 695 g/mol. The van der Waals surface area contributed by atoms with E-state index in [1.54, 1.807) is 42.5 Å². The van der Waals surface area contributed by atoms with Crippen LogP contribution in [0.15, 0.2) is 145 Å². The normalized spacial score (nSPS) is 14.3. The first-order chi connectivity index (χ1) is 24.2. The highest BCUT2D eigenvalue weighted by Crippen LogP contribution is 2.20. The maximum Gasteiger partial charge on any atom is 0.319 e. The summed E-state index contributed by atoms with van der Waals surface area (Å²) in [4.78, 5) is 26.0. The Hall–Kier alpha value is -4.24. The molecule has 0 aromatic carbocycles. The van der Waals surface area contributed by atoms with Gasteiger partial charge in [0.05, 0.1) is 12.5 Å². The molecule has 1 unspecified atom stereocenters. The number of rotatable bonds is 21.